The van der Waals surface area contributed by atoms with Gasteiger partial charge >= 0.3 is 0 Å². The van der Waals surface area contributed by atoms with Crippen LogP contribution in [-0.4, -0.2) is 75.3 Å². The molecular formula is C29H35N9O3. The molecule has 12 heteroatoms. The van der Waals surface area contributed by atoms with Crippen molar-refractivity contribution in [2.24, 2.45) is 0 Å². The van der Waals surface area contributed by atoms with E-state index in [1.54, 1.807) is 12.3 Å². The third-order valence-corrected chi connectivity index (χ3v) is 6.74. The predicted octanol–water partition coefficient (Wildman–Crippen LogP) is 4.27. The number of carbonyl (C=O) groups is 1. The topological polar surface area (TPSA) is 143 Å². The van der Waals surface area contributed by atoms with Crippen LogP contribution in [0.25, 0.3) is 11.3 Å². The summed E-state index contributed by atoms with van der Waals surface area (Å²) in [5.41, 5.74) is 4.23. The number of anilines is 4. The number of benzene rings is 1. The van der Waals surface area contributed by atoms with Crippen LogP contribution in [0.1, 0.15) is 42.6 Å². The Bertz CT molecular complexity index is 1490. The molecule has 4 aromatic rings. The number of aryl methyl sites for hydroxylation is 1. The van der Waals surface area contributed by atoms with Gasteiger partial charge in [-0.25, -0.2) is 19.9 Å². The Balaban J connectivity index is 1.29. The van der Waals surface area contributed by atoms with Crippen molar-refractivity contribution in [3.8, 4) is 11.3 Å². The van der Waals surface area contributed by atoms with E-state index in [9.17, 15) is 4.79 Å². The molecule has 4 heterocycles. The highest BCUT2D eigenvalue weighted by molar-refractivity contribution is 6.02. The van der Waals surface area contributed by atoms with Gasteiger partial charge in [0.15, 0.2) is 0 Å². The summed E-state index contributed by atoms with van der Waals surface area (Å²) in [5, 5.41) is 13.7. The molecule has 0 atom stereocenters. The molecule has 3 aromatic heterocycles. The molecule has 1 amide bonds. The highest BCUT2D eigenvalue weighted by atomic mass is 16.5. The number of carbonyl (C=O) groups excluding carboxylic acids is 1. The second-order valence-electron chi connectivity index (χ2n) is 10.9. The number of nitrogens with one attached hydrogen (secondary N) is 3. The van der Waals surface area contributed by atoms with E-state index in [2.05, 4.69) is 45.9 Å². The van der Waals surface area contributed by atoms with Gasteiger partial charge in [0.2, 0.25) is 5.76 Å². The molecule has 0 bridgehead atoms. The molecule has 214 valence electrons. The van der Waals surface area contributed by atoms with Gasteiger partial charge < -0.3 is 25.2 Å². The Kier molecular flexibility index (Phi) is 8.50. The molecule has 3 N–H and O–H groups in total. The zero-order valence-electron chi connectivity index (χ0n) is 23.8. The number of hydrogen-bond acceptors (Lipinski definition) is 11. The number of rotatable bonds is 9. The lowest BCUT2D eigenvalue weighted by Gasteiger charge is -2.26. The van der Waals surface area contributed by atoms with Gasteiger partial charge in [-0.3, -0.25) is 9.69 Å². The maximum absolute atomic E-state index is 12.8. The van der Waals surface area contributed by atoms with Gasteiger partial charge in [-0.15, -0.1) is 0 Å². The fourth-order valence-corrected chi connectivity index (χ4v) is 4.28. The number of ether oxygens (including phenoxy) is 1. The van der Waals surface area contributed by atoms with Crippen LogP contribution in [-0.2, 0) is 10.2 Å². The average Bonchev–Trinajstić information content (AvgIpc) is 3.48. The lowest BCUT2D eigenvalue weighted by atomic mass is 9.92. The van der Waals surface area contributed by atoms with E-state index >= 15 is 0 Å². The lowest BCUT2D eigenvalue weighted by Crippen LogP contribution is -2.39. The minimum absolute atomic E-state index is 0.154. The predicted molar refractivity (Wildman–Crippen MR) is 156 cm³/mol. The molecule has 12 nitrogen and oxygen atoms in total. The summed E-state index contributed by atoms with van der Waals surface area (Å²) in [6.45, 7) is 13.1. The first-order valence-electron chi connectivity index (χ1n) is 13.6. The van der Waals surface area contributed by atoms with Gasteiger partial charge in [0.25, 0.3) is 5.91 Å². The van der Waals surface area contributed by atoms with Crippen LogP contribution in [0.15, 0.2) is 53.7 Å². The summed E-state index contributed by atoms with van der Waals surface area (Å²) < 4.78 is 10.7. The van der Waals surface area contributed by atoms with E-state index in [-0.39, 0.29) is 17.1 Å². The van der Waals surface area contributed by atoms with E-state index in [4.69, 9.17) is 9.26 Å². The van der Waals surface area contributed by atoms with Crippen LogP contribution in [0.4, 0.5) is 23.0 Å². The molecule has 1 aromatic carbocycles. The van der Waals surface area contributed by atoms with E-state index in [0.29, 0.717) is 22.9 Å². The van der Waals surface area contributed by atoms with E-state index < -0.39 is 0 Å². The van der Waals surface area contributed by atoms with Crippen molar-refractivity contribution < 1.29 is 14.1 Å². The van der Waals surface area contributed by atoms with Crippen LogP contribution >= 0.6 is 0 Å². The Labute approximate surface area is 239 Å². The van der Waals surface area contributed by atoms with Gasteiger partial charge in [-0.1, -0.05) is 32.0 Å². The van der Waals surface area contributed by atoms with Gasteiger partial charge in [0, 0.05) is 61.3 Å². The summed E-state index contributed by atoms with van der Waals surface area (Å²) in [6.07, 6.45) is 4.72. The first-order chi connectivity index (χ1) is 19.8. The van der Waals surface area contributed by atoms with Gasteiger partial charge in [-0.05, 0) is 24.6 Å². The Morgan fingerprint density at radius 3 is 2.66 bits per heavy atom. The van der Waals surface area contributed by atoms with Crippen LogP contribution < -0.4 is 16.0 Å². The number of aromatic nitrogens is 5. The van der Waals surface area contributed by atoms with Crippen molar-refractivity contribution in [3.63, 3.8) is 0 Å². The zero-order chi connectivity index (χ0) is 28.8. The molecule has 41 heavy (non-hydrogen) atoms. The second-order valence-corrected chi connectivity index (χ2v) is 10.9. The molecule has 1 aliphatic heterocycles. The molecule has 1 saturated heterocycles. The van der Waals surface area contributed by atoms with Crippen LogP contribution in [0, 0.1) is 6.92 Å². The Hall–Kier alpha value is -4.42. The molecule has 1 aliphatic rings. The second kappa shape index (κ2) is 12.4. The van der Waals surface area contributed by atoms with Gasteiger partial charge in [-0.2, -0.15) is 0 Å². The molecule has 0 radical (unpaired) electrons. The molecule has 5 rings (SSSR count). The van der Waals surface area contributed by atoms with Crippen LogP contribution in [0.5, 0.6) is 0 Å². The number of amides is 1. The van der Waals surface area contributed by atoms with Crippen molar-refractivity contribution in [1.29, 1.82) is 0 Å². The summed E-state index contributed by atoms with van der Waals surface area (Å²) >= 11 is 0. The van der Waals surface area contributed by atoms with Crippen molar-refractivity contribution in [1.82, 2.24) is 30.0 Å². The van der Waals surface area contributed by atoms with Crippen molar-refractivity contribution in [3.05, 3.63) is 66.2 Å². The summed E-state index contributed by atoms with van der Waals surface area (Å²) in [6, 6.07) is 9.15. The quantitative estimate of drug-likeness (QED) is 0.271. The summed E-state index contributed by atoms with van der Waals surface area (Å²) in [5.74, 6) is 1.08. The number of hydrogen-bond donors (Lipinski definition) is 3. The average molecular weight is 558 g/mol. The minimum Gasteiger partial charge on any atom is -0.379 e. The molecule has 0 aliphatic carbocycles. The smallest absolute Gasteiger partial charge is 0.294 e. The largest absolute Gasteiger partial charge is 0.379 e. The monoisotopic (exact) mass is 557 g/mol. The summed E-state index contributed by atoms with van der Waals surface area (Å²) in [7, 11) is 0. The molecule has 0 saturated carbocycles. The van der Waals surface area contributed by atoms with Crippen molar-refractivity contribution in [2.75, 3.05) is 55.3 Å². The first-order valence-corrected chi connectivity index (χ1v) is 13.6. The highest BCUT2D eigenvalue weighted by Gasteiger charge is 2.22. The zero-order valence-corrected chi connectivity index (χ0v) is 23.8. The third-order valence-electron chi connectivity index (χ3n) is 6.74. The molecule has 0 unspecified atom stereocenters. The maximum atomic E-state index is 12.8. The third kappa shape index (κ3) is 7.21. The molecule has 1 fully saturated rings. The van der Waals surface area contributed by atoms with Crippen molar-refractivity contribution >= 4 is 28.9 Å². The fraction of sp³-hybridized carbons (Fsp3) is 0.379. The molecular weight excluding hydrogens is 522 g/mol. The normalized spacial score (nSPS) is 14.0. The van der Waals surface area contributed by atoms with Gasteiger partial charge in [0.1, 0.15) is 24.3 Å². The fourth-order valence-electron chi connectivity index (χ4n) is 4.28. The van der Waals surface area contributed by atoms with Crippen LogP contribution in [0.2, 0.25) is 0 Å². The van der Waals surface area contributed by atoms with E-state index in [1.807, 2.05) is 52.0 Å². The van der Waals surface area contributed by atoms with Crippen molar-refractivity contribution in [2.45, 2.75) is 33.1 Å². The minimum atomic E-state index is -0.375. The lowest BCUT2D eigenvalue weighted by molar-refractivity contribution is 0.0398. The standard InChI is InChI=1S/C29H35N9O3/c1-19-5-6-20(35-28(39)24-15-25(37-41-24)29(2,3)4)13-22(19)36-27-21(16-30-17-34-27)23-14-26(33-18-32-23)31-7-8-38-9-11-40-12-10-38/h5-6,13-18H,7-12H2,1-4H3,(H,35,39)(H,30,34,36)(H,31,32,33). The Morgan fingerprint density at radius 1 is 1.05 bits per heavy atom. The highest BCUT2D eigenvalue weighted by Crippen LogP contribution is 2.30. The summed E-state index contributed by atoms with van der Waals surface area (Å²) in [4.78, 5) is 32.7. The SMILES string of the molecule is Cc1ccc(NC(=O)c2cc(C(C)(C)C)no2)cc1Nc1ncncc1-c1cc(NCCN2CCOCC2)ncn1. The van der Waals surface area contributed by atoms with E-state index in [1.165, 1.54) is 12.7 Å². The van der Waals surface area contributed by atoms with Gasteiger partial charge in [0.05, 0.1) is 30.2 Å². The van der Waals surface area contributed by atoms with E-state index in [0.717, 1.165) is 62.0 Å². The maximum Gasteiger partial charge on any atom is 0.294 e. The Morgan fingerprint density at radius 2 is 1.88 bits per heavy atom. The number of nitrogens with zero attached hydrogens (tertiary/aromatic N) is 6. The molecule has 0 spiro atoms. The van der Waals surface area contributed by atoms with Crippen LogP contribution in [0.3, 0.4) is 0 Å². The first kappa shape index (κ1) is 28.1. The number of morpholine rings is 1.